The van der Waals surface area contributed by atoms with Crippen LogP contribution in [0.4, 0.5) is 0 Å². The van der Waals surface area contributed by atoms with Gasteiger partial charge in [-0.05, 0) is 23.8 Å². The minimum Gasteiger partial charge on any atom is -0.496 e. The molecule has 1 aliphatic heterocycles. The van der Waals surface area contributed by atoms with Crippen LogP contribution >= 0.6 is 0 Å². The summed E-state index contributed by atoms with van der Waals surface area (Å²) in [6.45, 7) is 1.71. The molecule has 124 valence electrons. The monoisotopic (exact) mass is 324 g/mol. The maximum atomic E-state index is 10.6. The van der Waals surface area contributed by atoms with Gasteiger partial charge in [-0.1, -0.05) is 18.2 Å². The van der Waals surface area contributed by atoms with E-state index in [0.29, 0.717) is 30.9 Å². The highest BCUT2D eigenvalue weighted by molar-refractivity contribution is 5.51. The number of benzene rings is 2. The Labute approximate surface area is 141 Å². The van der Waals surface area contributed by atoms with E-state index < -0.39 is 6.10 Å². The second-order valence-electron chi connectivity index (χ2n) is 5.82. The van der Waals surface area contributed by atoms with E-state index in [0.717, 1.165) is 22.4 Å². The van der Waals surface area contributed by atoms with Gasteiger partial charge in [-0.2, -0.15) is 5.26 Å². The Balaban J connectivity index is 1.93. The second kappa shape index (κ2) is 6.91. The van der Waals surface area contributed by atoms with Crippen molar-refractivity contribution in [3.8, 4) is 17.6 Å². The molecule has 5 nitrogen and oxygen atoms in total. The van der Waals surface area contributed by atoms with Gasteiger partial charge in [-0.25, -0.2) is 0 Å². The first-order chi connectivity index (χ1) is 11.7. The van der Waals surface area contributed by atoms with Crippen molar-refractivity contribution in [1.29, 1.82) is 5.26 Å². The fourth-order valence-electron chi connectivity index (χ4n) is 3.27. The molecule has 0 amide bonds. The molecule has 0 saturated heterocycles. The number of nitriles is 1. The van der Waals surface area contributed by atoms with Gasteiger partial charge >= 0.3 is 0 Å². The van der Waals surface area contributed by atoms with E-state index in [-0.39, 0.29) is 0 Å². The van der Waals surface area contributed by atoms with Gasteiger partial charge in [-0.15, -0.1) is 0 Å². The number of aliphatic hydroxyl groups is 1. The highest BCUT2D eigenvalue weighted by Crippen LogP contribution is 2.39. The van der Waals surface area contributed by atoms with E-state index in [1.807, 2.05) is 36.4 Å². The normalized spacial score (nSPS) is 17.0. The van der Waals surface area contributed by atoms with Gasteiger partial charge in [0.05, 0.1) is 32.0 Å². The zero-order valence-electron chi connectivity index (χ0n) is 13.8. The topological polar surface area (TPSA) is 65.7 Å². The number of fused-ring (bicyclic) bond motifs is 1. The third-order valence-corrected chi connectivity index (χ3v) is 4.39. The SMILES string of the molecule is COc1ccc(OC)c2c1CN(Cc1ccccc1C#N)CC2O. The summed E-state index contributed by atoms with van der Waals surface area (Å²) in [6.07, 6.45) is -0.659. The predicted octanol–water partition coefficient (Wildman–Crippen LogP) is 2.62. The average Bonchev–Trinajstić information content (AvgIpc) is 2.61. The maximum Gasteiger partial charge on any atom is 0.125 e. The number of methoxy groups -OCH3 is 2. The van der Waals surface area contributed by atoms with Crippen LogP contribution in [0.1, 0.15) is 28.4 Å². The van der Waals surface area contributed by atoms with Crippen molar-refractivity contribution < 1.29 is 14.6 Å². The lowest BCUT2D eigenvalue weighted by atomic mass is 9.94. The summed E-state index contributed by atoms with van der Waals surface area (Å²) in [5, 5.41) is 19.9. The number of nitrogens with zero attached hydrogens (tertiary/aromatic N) is 2. The van der Waals surface area contributed by atoms with Crippen LogP contribution in [0.25, 0.3) is 0 Å². The van der Waals surface area contributed by atoms with E-state index in [9.17, 15) is 10.4 Å². The van der Waals surface area contributed by atoms with E-state index >= 15 is 0 Å². The van der Waals surface area contributed by atoms with Crippen LogP contribution in [-0.2, 0) is 13.1 Å². The molecule has 2 aromatic rings. The fourth-order valence-corrected chi connectivity index (χ4v) is 3.27. The molecule has 0 fully saturated rings. The molecule has 1 N–H and O–H groups in total. The van der Waals surface area contributed by atoms with E-state index in [1.54, 1.807) is 14.2 Å². The fraction of sp³-hybridized carbons (Fsp3) is 0.316. The Morgan fingerprint density at radius 1 is 1.17 bits per heavy atom. The number of hydrogen-bond acceptors (Lipinski definition) is 5. The highest BCUT2D eigenvalue weighted by atomic mass is 16.5. The summed E-state index contributed by atoms with van der Waals surface area (Å²) >= 11 is 0. The summed E-state index contributed by atoms with van der Waals surface area (Å²) in [5.41, 5.74) is 3.35. The molecule has 0 aliphatic carbocycles. The van der Waals surface area contributed by atoms with Crippen LogP contribution in [0, 0.1) is 11.3 Å². The molecule has 5 heteroatoms. The molecule has 3 rings (SSSR count). The minimum absolute atomic E-state index is 0.482. The van der Waals surface area contributed by atoms with Gasteiger partial charge in [0.2, 0.25) is 0 Å². The van der Waals surface area contributed by atoms with E-state index in [2.05, 4.69) is 11.0 Å². The van der Waals surface area contributed by atoms with Crippen molar-refractivity contribution >= 4 is 0 Å². The molecule has 1 atom stereocenters. The molecule has 0 radical (unpaired) electrons. The van der Waals surface area contributed by atoms with Crippen LogP contribution in [-0.4, -0.2) is 30.8 Å². The molecule has 1 unspecified atom stereocenters. The van der Waals surface area contributed by atoms with Crippen molar-refractivity contribution in [1.82, 2.24) is 4.90 Å². The van der Waals surface area contributed by atoms with Gasteiger partial charge in [0.15, 0.2) is 0 Å². The van der Waals surface area contributed by atoms with Crippen LogP contribution in [0.2, 0.25) is 0 Å². The molecule has 1 aliphatic rings. The zero-order chi connectivity index (χ0) is 17.1. The first kappa shape index (κ1) is 16.3. The number of aliphatic hydroxyl groups excluding tert-OH is 1. The standard InChI is InChI=1S/C19H20N2O3/c1-23-17-7-8-18(24-2)19-15(17)11-21(12-16(19)22)10-14-6-4-3-5-13(14)9-20/h3-8,16,22H,10-12H2,1-2H3. The molecule has 0 bridgehead atoms. The first-order valence-electron chi connectivity index (χ1n) is 7.80. The van der Waals surface area contributed by atoms with Crippen molar-refractivity contribution in [2.75, 3.05) is 20.8 Å². The van der Waals surface area contributed by atoms with Crippen LogP contribution < -0.4 is 9.47 Å². The lowest BCUT2D eigenvalue weighted by Gasteiger charge is -2.34. The largest absolute Gasteiger partial charge is 0.496 e. The number of rotatable bonds is 4. The van der Waals surface area contributed by atoms with Crippen molar-refractivity contribution in [3.05, 3.63) is 58.7 Å². The average molecular weight is 324 g/mol. The van der Waals surface area contributed by atoms with Gasteiger partial charge in [0, 0.05) is 30.8 Å². The molecule has 0 saturated carbocycles. The molecule has 1 heterocycles. The quantitative estimate of drug-likeness (QED) is 0.936. The Hall–Kier alpha value is -2.55. The van der Waals surface area contributed by atoms with Crippen molar-refractivity contribution in [3.63, 3.8) is 0 Å². The summed E-state index contributed by atoms with van der Waals surface area (Å²) in [7, 11) is 3.22. The first-order valence-corrected chi connectivity index (χ1v) is 7.80. The molecule has 24 heavy (non-hydrogen) atoms. The highest BCUT2D eigenvalue weighted by Gasteiger charge is 2.29. The lowest BCUT2D eigenvalue weighted by Crippen LogP contribution is -2.34. The van der Waals surface area contributed by atoms with Crippen molar-refractivity contribution in [2.24, 2.45) is 0 Å². The second-order valence-corrected chi connectivity index (χ2v) is 5.82. The Kier molecular flexibility index (Phi) is 4.70. The molecule has 0 spiro atoms. The van der Waals surface area contributed by atoms with Gasteiger partial charge in [0.25, 0.3) is 0 Å². The molecular formula is C19H20N2O3. The van der Waals surface area contributed by atoms with Crippen LogP contribution in [0.15, 0.2) is 36.4 Å². The maximum absolute atomic E-state index is 10.6. The van der Waals surface area contributed by atoms with Crippen molar-refractivity contribution in [2.45, 2.75) is 19.2 Å². The van der Waals surface area contributed by atoms with E-state index in [4.69, 9.17) is 9.47 Å². The lowest BCUT2D eigenvalue weighted by molar-refractivity contribution is 0.0843. The van der Waals surface area contributed by atoms with Crippen LogP contribution in [0.3, 0.4) is 0 Å². The minimum atomic E-state index is -0.659. The zero-order valence-corrected chi connectivity index (χ0v) is 13.8. The number of ether oxygens (including phenoxy) is 2. The Bertz CT molecular complexity index is 783. The number of hydrogen-bond donors (Lipinski definition) is 1. The molecular weight excluding hydrogens is 304 g/mol. The summed E-state index contributed by atoms with van der Waals surface area (Å²) in [6, 6.07) is 13.4. The van der Waals surface area contributed by atoms with Gasteiger partial charge in [-0.3, -0.25) is 4.90 Å². The van der Waals surface area contributed by atoms with Gasteiger partial charge < -0.3 is 14.6 Å². The smallest absolute Gasteiger partial charge is 0.125 e. The van der Waals surface area contributed by atoms with Crippen LogP contribution in [0.5, 0.6) is 11.5 Å². The Morgan fingerprint density at radius 3 is 2.58 bits per heavy atom. The molecule has 0 aromatic heterocycles. The Morgan fingerprint density at radius 2 is 1.88 bits per heavy atom. The predicted molar refractivity (Wildman–Crippen MR) is 89.8 cm³/mol. The number of β-amino-alcohol motifs (C(OH)–C–C–N with tert-alkyl or cyclic N) is 1. The summed E-state index contributed by atoms with van der Waals surface area (Å²) < 4.78 is 10.9. The summed E-state index contributed by atoms with van der Waals surface area (Å²) in [5.74, 6) is 1.42. The molecule has 2 aromatic carbocycles. The third kappa shape index (κ3) is 2.94. The van der Waals surface area contributed by atoms with Gasteiger partial charge in [0.1, 0.15) is 11.5 Å². The van der Waals surface area contributed by atoms with E-state index in [1.165, 1.54) is 0 Å². The third-order valence-electron chi connectivity index (χ3n) is 4.39. The summed E-state index contributed by atoms with van der Waals surface area (Å²) in [4.78, 5) is 2.12.